The molecule has 2 aromatic rings. The van der Waals surface area contributed by atoms with Crippen LogP contribution in [0.1, 0.15) is 30.7 Å². The summed E-state index contributed by atoms with van der Waals surface area (Å²) in [5.41, 5.74) is 6.99. The lowest BCUT2D eigenvalue weighted by molar-refractivity contribution is 0.602. The molecular formula is C15H20N2O2S2. The second-order valence-electron chi connectivity index (χ2n) is 4.99. The third-order valence-electron chi connectivity index (χ3n) is 3.26. The Bertz CT molecular complexity index is 694. The van der Waals surface area contributed by atoms with E-state index in [0.29, 0.717) is 5.69 Å². The number of hydrogen-bond donors (Lipinski definition) is 2. The molecule has 0 spiro atoms. The van der Waals surface area contributed by atoms with Gasteiger partial charge in [0, 0.05) is 11.1 Å². The molecule has 1 heterocycles. The van der Waals surface area contributed by atoms with E-state index in [9.17, 15) is 8.42 Å². The smallest absolute Gasteiger partial charge is 0.177 e. The number of rotatable bonds is 6. The normalized spacial score (nSPS) is 13.0. The highest BCUT2D eigenvalue weighted by Crippen LogP contribution is 2.32. The van der Waals surface area contributed by atoms with Gasteiger partial charge in [0.1, 0.15) is 0 Å². The number of anilines is 2. The fourth-order valence-electron chi connectivity index (χ4n) is 2.24. The van der Waals surface area contributed by atoms with Gasteiger partial charge in [0.25, 0.3) is 0 Å². The van der Waals surface area contributed by atoms with Crippen LogP contribution in [0.25, 0.3) is 0 Å². The van der Waals surface area contributed by atoms with E-state index in [1.54, 1.807) is 17.4 Å². The van der Waals surface area contributed by atoms with Crippen LogP contribution in [0.5, 0.6) is 0 Å². The predicted octanol–water partition coefficient (Wildman–Crippen LogP) is 3.69. The standard InChI is InChI=1S/C15H20N2O2S2/c1-3-6-11(13-8-5-10-20-13)17-12-7-4-9-14(15(12)16)21(2,18)19/h4-5,7-11,17H,3,6,16H2,1-2H3. The molecule has 0 radical (unpaired) electrons. The molecule has 0 aliphatic carbocycles. The lowest BCUT2D eigenvalue weighted by Gasteiger charge is -2.20. The van der Waals surface area contributed by atoms with Crippen molar-refractivity contribution < 1.29 is 8.42 Å². The molecule has 0 saturated carbocycles. The molecule has 6 heteroatoms. The first-order valence-electron chi connectivity index (χ1n) is 6.82. The van der Waals surface area contributed by atoms with Gasteiger partial charge < -0.3 is 11.1 Å². The van der Waals surface area contributed by atoms with Crippen LogP contribution in [0, 0.1) is 0 Å². The summed E-state index contributed by atoms with van der Waals surface area (Å²) in [6.45, 7) is 2.12. The van der Waals surface area contributed by atoms with Crippen molar-refractivity contribution >= 4 is 32.5 Å². The van der Waals surface area contributed by atoms with Crippen LogP contribution >= 0.6 is 11.3 Å². The second-order valence-corrected chi connectivity index (χ2v) is 7.95. The summed E-state index contributed by atoms with van der Waals surface area (Å²) in [4.78, 5) is 1.40. The minimum Gasteiger partial charge on any atom is -0.396 e. The van der Waals surface area contributed by atoms with E-state index in [-0.39, 0.29) is 16.6 Å². The largest absolute Gasteiger partial charge is 0.396 e. The average Bonchev–Trinajstić information content (AvgIpc) is 2.93. The Morgan fingerprint density at radius 2 is 2.05 bits per heavy atom. The summed E-state index contributed by atoms with van der Waals surface area (Å²) in [5, 5.41) is 5.42. The van der Waals surface area contributed by atoms with Crippen molar-refractivity contribution in [1.29, 1.82) is 0 Å². The highest BCUT2D eigenvalue weighted by atomic mass is 32.2. The molecule has 21 heavy (non-hydrogen) atoms. The van der Waals surface area contributed by atoms with Crippen LogP contribution < -0.4 is 11.1 Å². The van der Waals surface area contributed by atoms with E-state index in [1.165, 1.54) is 17.2 Å². The van der Waals surface area contributed by atoms with Gasteiger partial charge in [-0.1, -0.05) is 25.5 Å². The Morgan fingerprint density at radius 3 is 2.62 bits per heavy atom. The molecule has 1 unspecified atom stereocenters. The van der Waals surface area contributed by atoms with Crippen LogP contribution in [0.15, 0.2) is 40.6 Å². The van der Waals surface area contributed by atoms with E-state index >= 15 is 0 Å². The minimum atomic E-state index is -3.32. The zero-order valence-corrected chi connectivity index (χ0v) is 13.8. The van der Waals surface area contributed by atoms with Gasteiger partial charge >= 0.3 is 0 Å². The van der Waals surface area contributed by atoms with Crippen LogP contribution in [-0.2, 0) is 9.84 Å². The Kier molecular flexibility index (Phi) is 4.90. The maximum absolute atomic E-state index is 11.7. The van der Waals surface area contributed by atoms with Gasteiger partial charge in [-0.25, -0.2) is 8.42 Å². The van der Waals surface area contributed by atoms with E-state index in [4.69, 9.17) is 5.73 Å². The van der Waals surface area contributed by atoms with Gasteiger partial charge in [0.05, 0.1) is 22.3 Å². The van der Waals surface area contributed by atoms with E-state index in [0.717, 1.165) is 12.8 Å². The maximum Gasteiger partial charge on any atom is 0.177 e. The summed E-state index contributed by atoms with van der Waals surface area (Å²) >= 11 is 1.68. The summed E-state index contributed by atoms with van der Waals surface area (Å²) in [5.74, 6) is 0. The minimum absolute atomic E-state index is 0.145. The van der Waals surface area contributed by atoms with Gasteiger partial charge in [-0.05, 0) is 30.0 Å². The van der Waals surface area contributed by atoms with Gasteiger partial charge in [-0.2, -0.15) is 0 Å². The Labute approximate surface area is 129 Å². The van der Waals surface area contributed by atoms with E-state index < -0.39 is 9.84 Å². The van der Waals surface area contributed by atoms with Gasteiger partial charge in [0.2, 0.25) is 0 Å². The first-order valence-corrected chi connectivity index (χ1v) is 9.59. The third-order valence-corrected chi connectivity index (χ3v) is 5.40. The topological polar surface area (TPSA) is 72.2 Å². The fourth-order valence-corrected chi connectivity index (χ4v) is 3.89. The monoisotopic (exact) mass is 324 g/mol. The predicted molar refractivity (Wildman–Crippen MR) is 89.6 cm³/mol. The second kappa shape index (κ2) is 6.49. The lowest BCUT2D eigenvalue weighted by Crippen LogP contribution is -2.12. The highest BCUT2D eigenvalue weighted by molar-refractivity contribution is 7.90. The van der Waals surface area contributed by atoms with Crippen molar-refractivity contribution in [3.63, 3.8) is 0 Å². The fraction of sp³-hybridized carbons (Fsp3) is 0.333. The molecule has 1 atom stereocenters. The number of nitrogens with two attached hydrogens (primary N) is 1. The molecule has 0 aliphatic heterocycles. The lowest BCUT2D eigenvalue weighted by atomic mass is 10.1. The van der Waals surface area contributed by atoms with Crippen molar-refractivity contribution in [3.05, 3.63) is 40.6 Å². The SMILES string of the molecule is CCCC(Nc1cccc(S(C)(=O)=O)c1N)c1cccs1. The molecule has 4 nitrogen and oxygen atoms in total. The number of para-hydroxylation sites is 1. The summed E-state index contributed by atoms with van der Waals surface area (Å²) in [7, 11) is -3.32. The zero-order chi connectivity index (χ0) is 15.5. The van der Waals surface area contributed by atoms with Crippen molar-refractivity contribution in [3.8, 4) is 0 Å². The Hall–Kier alpha value is -1.53. The Balaban J connectivity index is 2.34. The zero-order valence-electron chi connectivity index (χ0n) is 12.2. The number of sulfone groups is 1. The molecule has 2 rings (SSSR count). The molecule has 0 amide bonds. The molecule has 1 aromatic heterocycles. The van der Waals surface area contributed by atoms with Crippen molar-refractivity contribution in [1.82, 2.24) is 0 Å². The van der Waals surface area contributed by atoms with Crippen LogP contribution in [0.4, 0.5) is 11.4 Å². The first kappa shape index (κ1) is 15.9. The van der Waals surface area contributed by atoms with E-state index in [2.05, 4.69) is 18.3 Å². The molecule has 0 saturated heterocycles. The highest BCUT2D eigenvalue weighted by Gasteiger charge is 2.17. The summed E-state index contributed by atoms with van der Waals surface area (Å²) in [6.07, 6.45) is 3.16. The number of hydrogen-bond acceptors (Lipinski definition) is 5. The van der Waals surface area contributed by atoms with Crippen LogP contribution in [0.2, 0.25) is 0 Å². The van der Waals surface area contributed by atoms with Crippen molar-refractivity contribution in [2.75, 3.05) is 17.3 Å². The Morgan fingerprint density at radius 1 is 1.29 bits per heavy atom. The summed E-state index contributed by atoms with van der Waals surface area (Å²) in [6, 6.07) is 9.31. The maximum atomic E-state index is 11.7. The molecule has 0 bridgehead atoms. The van der Waals surface area contributed by atoms with Crippen LogP contribution in [0.3, 0.4) is 0 Å². The number of nitrogens with one attached hydrogen (secondary N) is 1. The molecule has 114 valence electrons. The molecule has 1 aromatic carbocycles. The molecule has 0 fully saturated rings. The molecule has 3 N–H and O–H groups in total. The number of nitrogen functional groups attached to an aromatic ring is 1. The summed E-state index contributed by atoms with van der Waals surface area (Å²) < 4.78 is 23.5. The van der Waals surface area contributed by atoms with Crippen molar-refractivity contribution in [2.45, 2.75) is 30.7 Å². The van der Waals surface area contributed by atoms with Gasteiger partial charge in [0.15, 0.2) is 9.84 Å². The number of thiophene rings is 1. The van der Waals surface area contributed by atoms with Crippen LogP contribution in [-0.4, -0.2) is 14.7 Å². The quantitative estimate of drug-likeness (QED) is 0.795. The van der Waals surface area contributed by atoms with Crippen molar-refractivity contribution in [2.24, 2.45) is 0 Å². The average molecular weight is 324 g/mol. The van der Waals surface area contributed by atoms with E-state index in [1.807, 2.05) is 17.5 Å². The number of benzene rings is 1. The third kappa shape index (κ3) is 3.77. The first-order chi connectivity index (χ1) is 9.93. The molecular weight excluding hydrogens is 304 g/mol. The molecule has 0 aliphatic rings. The van der Waals surface area contributed by atoms with Gasteiger partial charge in [-0.15, -0.1) is 11.3 Å². The van der Waals surface area contributed by atoms with Gasteiger partial charge in [-0.3, -0.25) is 0 Å².